The van der Waals surface area contributed by atoms with Crippen LogP contribution in [0.5, 0.6) is 11.5 Å². The lowest BCUT2D eigenvalue weighted by molar-refractivity contribution is 0.202. The molecule has 36 heavy (non-hydrogen) atoms. The second-order valence-electron chi connectivity index (χ2n) is 8.95. The monoisotopic (exact) mass is 497 g/mol. The highest BCUT2D eigenvalue weighted by atomic mass is 32.1. The highest BCUT2D eigenvalue weighted by Crippen LogP contribution is 2.34. The van der Waals surface area contributed by atoms with E-state index in [4.69, 9.17) is 19.7 Å². The van der Waals surface area contributed by atoms with E-state index in [9.17, 15) is 4.79 Å². The minimum absolute atomic E-state index is 0.148. The van der Waals surface area contributed by atoms with E-state index in [-0.39, 0.29) is 5.56 Å². The van der Waals surface area contributed by atoms with Crippen molar-refractivity contribution >= 4 is 28.4 Å². The summed E-state index contributed by atoms with van der Waals surface area (Å²) >= 11 is 1.41. The third-order valence-electron chi connectivity index (χ3n) is 6.64. The van der Waals surface area contributed by atoms with Crippen LogP contribution in [0.4, 0.5) is 0 Å². The normalized spacial score (nSPS) is 14.2. The van der Waals surface area contributed by atoms with Gasteiger partial charge in [-0.2, -0.15) is 5.26 Å². The Labute approximate surface area is 214 Å². The van der Waals surface area contributed by atoms with Gasteiger partial charge in [-0.1, -0.05) is 43.5 Å². The van der Waals surface area contributed by atoms with Crippen molar-refractivity contribution in [3.8, 4) is 28.7 Å². The summed E-state index contributed by atoms with van der Waals surface area (Å²) in [6, 6.07) is 14.9. The maximum absolute atomic E-state index is 13.4. The van der Waals surface area contributed by atoms with Gasteiger partial charge in [-0.15, -0.1) is 11.3 Å². The lowest BCUT2D eigenvalue weighted by atomic mass is 9.90. The van der Waals surface area contributed by atoms with Crippen molar-refractivity contribution in [3.05, 3.63) is 81.2 Å². The SMILES string of the molecule is COc1cccc(C=Cc2nc3sccn3c(=O)c2-c2ccc(C#N)cc2)c1OCC1CCCCC1. The summed E-state index contributed by atoms with van der Waals surface area (Å²) < 4.78 is 13.5. The lowest BCUT2D eigenvalue weighted by Crippen LogP contribution is -2.17. The van der Waals surface area contributed by atoms with Crippen LogP contribution >= 0.6 is 11.3 Å². The summed E-state index contributed by atoms with van der Waals surface area (Å²) in [6.07, 6.45) is 11.7. The third-order valence-corrected chi connectivity index (χ3v) is 7.39. The van der Waals surface area contributed by atoms with Crippen LogP contribution in [0.25, 0.3) is 28.2 Å². The van der Waals surface area contributed by atoms with Crippen LogP contribution in [0.15, 0.2) is 58.8 Å². The summed E-state index contributed by atoms with van der Waals surface area (Å²) in [5, 5.41) is 11.0. The van der Waals surface area contributed by atoms with E-state index in [1.54, 1.807) is 42.0 Å². The molecule has 1 saturated carbocycles. The zero-order chi connectivity index (χ0) is 24.9. The van der Waals surface area contributed by atoms with E-state index in [1.807, 2.05) is 35.7 Å². The highest BCUT2D eigenvalue weighted by molar-refractivity contribution is 7.15. The van der Waals surface area contributed by atoms with E-state index >= 15 is 0 Å². The number of thiazole rings is 1. The van der Waals surface area contributed by atoms with Crippen LogP contribution in [0.3, 0.4) is 0 Å². The predicted molar refractivity (Wildman–Crippen MR) is 143 cm³/mol. The summed E-state index contributed by atoms with van der Waals surface area (Å²) in [5.41, 5.74) is 3.02. The van der Waals surface area contributed by atoms with E-state index < -0.39 is 0 Å². The number of hydrogen-bond donors (Lipinski definition) is 0. The molecule has 0 unspecified atom stereocenters. The number of ether oxygens (including phenoxy) is 2. The Kier molecular flexibility index (Phi) is 7.15. The Balaban J connectivity index is 1.54. The van der Waals surface area contributed by atoms with Crippen molar-refractivity contribution < 1.29 is 9.47 Å². The predicted octanol–water partition coefficient (Wildman–Crippen LogP) is 6.43. The van der Waals surface area contributed by atoms with Crippen molar-refractivity contribution in [2.24, 2.45) is 5.92 Å². The minimum atomic E-state index is -0.148. The molecular formula is C29H27N3O3S. The zero-order valence-corrected chi connectivity index (χ0v) is 21.0. The third kappa shape index (κ3) is 4.91. The summed E-state index contributed by atoms with van der Waals surface area (Å²) in [4.78, 5) is 18.8. The highest BCUT2D eigenvalue weighted by Gasteiger charge is 2.18. The fourth-order valence-corrected chi connectivity index (χ4v) is 5.42. The molecule has 0 N–H and O–H groups in total. The maximum atomic E-state index is 13.4. The van der Waals surface area contributed by atoms with Crippen molar-refractivity contribution in [1.29, 1.82) is 5.26 Å². The van der Waals surface area contributed by atoms with Gasteiger partial charge in [0, 0.05) is 17.1 Å². The average Bonchev–Trinajstić information content (AvgIpc) is 3.40. The first-order valence-corrected chi connectivity index (χ1v) is 13.0. The number of para-hydroxylation sites is 1. The fraction of sp³-hybridized carbons (Fsp3) is 0.276. The largest absolute Gasteiger partial charge is 0.493 e. The molecule has 1 aliphatic rings. The molecule has 7 heteroatoms. The standard InChI is InChI=1S/C29H27N3O3S/c1-34-25-9-5-8-23(27(25)35-19-21-6-3-2-4-7-21)14-15-24-26(22-12-10-20(18-30)11-13-22)28(33)32-16-17-36-29(32)31-24/h5,8-17,21H,2-4,6-7,19H2,1H3. The van der Waals surface area contributed by atoms with Gasteiger partial charge in [0.15, 0.2) is 16.5 Å². The average molecular weight is 498 g/mol. The van der Waals surface area contributed by atoms with Gasteiger partial charge in [-0.25, -0.2) is 4.98 Å². The first-order valence-electron chi connectivity index (χ1n) is 12.2. The molecule has 0 radical (unpaired) electrons. The molecule has 2 aromatic carbocycles. The maximum Gasteiger partial charge on any atom is 0.266 e. The molecule has 1 aliphatic carbocycles. The summed E-state index contributed by atoms with van der Waals surface area (Å²) in [5.74, 6) is 1.95. The van der Waals surface area contributed by atoms with Crippen LogP contribution in [0.1, 0.15) is 48.9 Å². The number of aromatic nitrogens is 2. The van der Waals surface area contributed by atoms with Gasteiger partial charge in [0.25, 0.3) is 5.56 Å². The van der Waals surface area contributed by atoms with Gasteiger partial charge in [0.05, 0.1) is 36.6 Å². The zero-order valence-electron chi connectivity index (χ0n) is 20.1. The number of methoxy groups -OCH3 is 1. The number of fused-ring (bicyclic) bond motifs is 1. The van der Waals surface area contributed by atoms with Crippen LogP contribution in [0, 0.1) is 17.2 Å². The van der Waals surface area contributed by atoms with Gasteiger partial charge in [-0.3, -0.25) is 9.20 Å². The Bertz CT molecular complexity index is 1490. The Hall–Kier alpha value is -3.89. The van der Waals surface area contributed by atoms with Crippen molar-refractivity contribution in [1.82, 2.24) is 9.38 Å². The van der Waals surface area contributed by atoms with Gasteiger partial charge < -0.3 is 9.47 Å². The summed E-state index contributed by atoms with van der Waals surface area (Å²) in [6.45, 7) is 0.665. The van der Waals surface area contributed by atoms with E-state index in [0.29, 0.717) is 51.4 Å². The molecule has 6 nitrogen and oxygen atoms in total. The summed E-state index contributed by atoms with van der Waals surface area (Å²) in [7, 11) is 1.65. The molecule has 0 bridgehead atoms. The van der Waals surface area contributed by atoms with E-state index in [1.165, 1.54) is 43.4 Å². The molecule has 0 aliphatic heterocycles. The molecule has 4 aromatic rings. The Morgan fingerprint density at radius 1 is 1.14 bits per heavy atom. The van der Waals surface area contributed by atoms with Gasteiger partial charge >= 0.3 is 0 Å². The van der Waals surface area contributed by atoms with Gasteiger partial charge in [0.1, 0.15) is 0 Å². The van der Waals surface area contributed by atoms with Gasteiger partial charge in [-0.05, 0) is 54.7 Å². The molecule has 2 heterocycles. The van der Waals surface area contributed by atoms with Gasteiger partial charge in [0.2, 0.25) is 0 Å². The number of rotatable bonds is 7. The number of nitrogens with zero attached hydrogens (tertiary/aromatic N) is 3. The van der Waals surface area contributed by atoms with E-state index in [2.05, 4.69) is 6.07 Å². The number of benzene rings is 2. The molecule has 2 aromatic heterocycles. The number of hydrogen-bond acceptors (Lipinski definition) is 6. The van der Waals surface area contributed by atoms with Crippen LogP contribution in [-0.4, -0.2) is 23.1 Å². The van der Waals surface area contributed by atoms with Crippen molar-refractivity contribution in [2.45, 2.75) is 32.1 Å². The second-order valence-corrected chi connectivity index (χ2v) is 9.82. The molecule has 0 amide bonds. The van der Waals surface area contributed by atoms with E-state index in [0.717, 1.165) is 5.56 Å². The second kappa shape index (κ2) is 10.8. The lowest BCUT2D eigenvalue weighted by Gasteiger charge is -2.23. The van der Waals surface area contributed by atoms with Crippen LogP contribution in [-0.2, 0) is 0 Å². The molecule has 182 valence electrons. The van der Waals surface area contributed by atoms with Crippen LogP contribution < -0.4 is 15.0 Å². The molecule has 0 saturated heterocycles. The molecule has 0 spiro atoms. The number of nitriles is 1. The Morgan fingerprint density at radius 3 is 2.69 bits per heavy atom. The molecular weight excluding hydrogens is 470 g/mol. The molecule has 0 atom stereocenters. The first kappa shape index (κ1) is 23.8. The Morgan fingerprint density at radius 2 is 1.94 bits per heavy atom. The van der Waals surface area contributed by atoms with Crippen LogP contribution in [0.2, 0.25) is 0 Å². The fourth-order valence-electron chi connectivity index (χ4n) is 4.70. The molecule has 1 fully saturated rings. The topological polar surface area (TPSA) is 76.6 Å². The smallest absolute Gasteiger partial charge is 0.266 e. The first-order chi connectivity index (χ1) is 17.7. The minimum Gasteiger partial charge on any atom is -0.493 e. The quantitative estimate of drug-likeness (QED) is 0.294. The molecule has 5 rings (SSSR count). The van der Waals surface area contributed by atoms with Crippen molar-refractivity contribution in [3.63, 3.8) is 0 Å². The van der Waals surface area contributed by atoms with Crippen molar-refractivity contribution in [2.75, 3.05) is 13.7 Å².